The lowest BCUT2D eigenvalue weighted by Gasteiger charge is -1.97. The van der Waals surface area contributed by atoms with Gasteiger partial charge in [0.2, 0.25) is 0 Å². The Morgan fingerprint density at radius 2 is 2.64 bits per heavy atom. The lowest BCUT2D eigenvalue weighted by Crippen LogP contribution is -2.12. The molecular formula is C6H9BrN2O2. The van der Waals surface area contributed by atoms with Gasteiger partial charge < -0.3 is 9.36 Å². The summed E-state index contributed by atoms with van der Waals surface area (Å²) in [4.78, 5) is 4.89. The summed E-state index contributed by atoms with van der Waals surface area (Å²) >= 11 is 3.17. The molecule has 0 radical (unpaired) electrons. The molecule has 0 aliphatic carbocycles. The van der Waals surface area contributed by atoms with Gasteiger partial charge in [0.25, 0.3) is 0 Å². The summed E-state index contributed by atoms with van der Waals surface area (Å²) in [5.74, 6) is 0.741. The van der Waals surface area contributed by atoms with E-state index in [0.29, 0.717) is 17.8 Å². The molecule has 0 unspecified atom stereocenters. The largest absolute Gasteiger partial charge is 0.359 e. The first-order valence-electron chi connectivity index (χ1n) is 3.28. The van der Waals surface area contributed by atoms with E-state index in [4.69, 9.17) is 9.36 Å². The average molecular weight is 221 g/mol. The molecule has 1 N–H and O–H groups in total. The zero-order valence-corrected chi connectivity index (χ0v) is 7.72. The molecule has 1 rings (SSSR count). The summed E-state index contributed by atoms with van der Waals surface area (Å²) in [5, 5.41) is 3.64. The Balaban J connectivity index is 2.27. The van der Waals surface area contributed by atoms with Crippen LogP contribution in [-0.4, -0.2) is 11.8 Å². The predicted molar refractivity (Wildman–Crippen MR) is 42.7 cm³/mol. The van der Waals surface area contributed by atoms with Crippen molar-refractivity contribution in [3.8, 4) is 0 Å². The monoisotopic (exact) mass is 220 g/mol. The second kappa shape index (κ2) is 4.48. The van der Waals surface area contributed by atoms with Gasteiger partial charge >= 0.3 is 0 Å². The molecule has 0 aliphatic rings. The molecule has 1 aromatic rings. The highest BCUT2D eigenvalue weighted by Crippen LogP contribution is 2.08. The highest BCUT2D eigenvalue weighted by Gasteiger charge is 1.99. The maximum atomic E-state index is 4.89. The Labute approximate surface area is 73.0 Å². The lowest BCUT2D eigenvalue weighted by atomic mass is 10.5. The van der Waals surface area contributed by atoms with E-state index >= 15 is 0 Å². The molecule has 5 heteroatoms. The van der Waals surface area contributed by atoms with Crippen LogP contribution >= 0.6 is 15.9 Å². The van der Waals surface area contributed by atoms with Crippen LogP contribution in [0.1, 0.15) is 12.7 Å². The van der Waals surface area contributed by atoms with Gasteiger partial charge in [0.05, 0.1) is 13.2 Å². The number of hydrogen-bond donors (Lipinski definition) is 1. The minimum Gasteiger partial charge on any atom is -0.359 e. The fourth-order valence-corrected chi connectivity index (χ4v) is 0.923. The Kier molecular flexibility index (Phi) is 3.55. The number of hydrogen-bond acceptors (Lipinski definition) is 4. The van der Waals surface area contributed by atoms with Gasteiger partial charge in [-0.2, -0.15) is 5.48 Å². The summed E-state index contributed by atoms with van der Waals surface area (Å²) in [5.41, 5.74) is 2.71. The van der Waals surface area contributed by atoms with E-state index in [1.807, 2.05) is 6.92 Å². The van der Waals surface area contributed by atoms with Crippen LogP contribution in [0.5, 0.6) is 0 Å². The molecule has 0 saturated carbocycles. The summed E-state index contributed by atoms with van der Waals surface area (Å²) < 4.78 is 5.57. The molecule has 1 heterocycles. The zero-order valence-electron chi connectivity index (χ0n) is 6.13. The Bertz CT molecular complexity index is 214. The fraction of sp³-hybridized carbons (Fsp3) is 0.500. The predicted octanol–water partition coefficient (Wildman–Crippen LogP) is 1.48. The fourth-order valence-electron chi connectivity index (χ4n) is 0.595. The highest BCUT2D eigenvalue weighted by atomic mass is 79.9. The SMILES string of the molecule is CCONCc1cc(Br)no1. The van der Waals surface area contributed by atoms with E-state index in [2.05, 4.69) is 26.6 Å². The minimum absolute atomic E-state index is 0.534. The van der Waals surface area contributed by atoms with Crippen LogP contribution in [0.15, 0.2) is 15.2 Å². The van der Waals surface area contributed by atoms with Gasteiger partial charge in [0.1, 0.15) is 4.60 Å². The molecule has 0 bridgehead atoms. The zero-order chi connectivity index (χ0) is 8.10. The quantitative estimate of drug-likeness (QED) is 0.617. The van der Waals surface area contributed by atoms with E-state index in [1.54, 1.807) is 6.07 Å². The molecule has 4 nitrogen and oxygen atoms in total. The van der Waals surface area contributed by atoms with Crippen molar-refractivity contribution in [2.45, 2.75) is 13.5 Å². The smallest absolute Gasteiger partial charge is 0.154 e. The van der Waals surface area contributed by atoms with Gasteiger partial charge in [-0.05, 0) is 22.9 Å². The van der Waals surface area contributed by atoms with Crippen molar-refractivity contribution in [2.75, 3.05) is 6.61 Å². The second-order valence-corrected chi connectivity index (χ2v) is 2.68. The van der Waals surface area contributed by atoms with Crippen LogP contribution in [0.25, 0.3) is 0 Å². The lowest BCUT2D eigenvalue weighted by molar-refractivity contribution is 0.0414. The first kappa shape index (κ1) is 8.70. The summed E-state index contributed by atoms with van der Waals surface area (Å²) in [7, 11) is 0. The summed E-state index contributed by atoms with van der Waals surface area (Å²) in [6, 6.07) is 1.78. The third-order valence-electron chi connectivity index (χ3n) is 1.02. The van der Waals surface area contributed by atoms with Crippen molar-refractivity contribution >= 4 is 15.9 Å². The van der Waals surface area contributed by atoms with Gasteiger partial charge in [-0.25, -0.2) is 0 Å². The first-order valence-corrected chi connectivity index (χ1v) is 4.08. The van der Waals surface area contributed by atoms with Crippen LogP contribution in [0.2, 0.25) is 0 Å². The number of halogens is 1. The van der Waals surface area contributed by atoms with E-state index in [-0.39, 0.29) is 0 Å². The maximum absolute atomic E-state index is 4.89. The summed E-state index contributed by atoms with van der Waals surface area (Å²) in [6.45, 7) is 3.07. The van der Waals surface area contributed by atoms with Gasteiger partial charge in [-0.15, -0.1) is 0 Å². The Morgan fingerprint density at radius 3 is 3.18 bits per heavy atom. The third-order valence-corrected chi connectivity index (χ3v) is 1.40. The van der Waals surface area contributed by atoms with Crippen LogP contribution in [0.3, 0.4) is 0 Å². The van der Waals surface area contributed by atoms with Gasteiger partial charge in [-0.3, -0.25) is 0 Å². The second-order valence-electron chi connectivity index (χ2n) is 1.87. The molecule has 0 spiro atoms. The van der Waals surface area contributed by atoms with Gasteiger partial charge in [-0.1, -0.05) is 5.16 Å². The van der Waals surface area contributed by atoms with Crippen molar-refractivity contribution in [1.29, 1.82) is 0 Å². The number of aromatic nitrogens is 1. The van der Waals surface area contributed by atoms with Crippen LogP contribution in [0, 0.1) is 0 Å². The molecule has 1 aromatic heterocycles. The normalized spacial score (nSPS) is 10.4. The van der Waals surface area contributed by atoms with Gasteiger partial charge in [0.15, 0.2) is 5.76 Å². The van der Waals surface area contributed by atoms with Crippen molar-refractivity contribution in [3.05, 3.63) is 16.4 Å². The standard InChI is InChI=1S/C6H9BrN2O2/c1-2-10-8-4-5-3-6(7)9-11-5/h3,8H,2,4H2,1H3. The van der Waals surface area contributed by atoms with E-state index in [0.717, 1.165) is 5.76 Å². The average Bonchev–Trinajstić information content (AvgIpc) is 2.37. The Hall–Kier alpha value is -0.390. The molecule has 0 aromatic carbocycles. The third kappa shape index (κ3) is 3.00. The number of hydroxylamine groups is 1. The van der Waals surface area contributed by atoms with E-state index in [9.17, 15) is 0 Å². The van der Waals surface area contributed by atoms with Crippen LogP contribution in [-0.2, 0) is 11.4 Å². The Morgan fingerprint density at radius 1 is 1.82 bits per heavy atom. The first-order chi connectivity index (χ1) is 5.33. The number of nitrogens with one attached hydrogen (secondary N) is 1. The maximum Gasteiger partial charge on any atom is 0.154 e. The molecule has 0 fully saturated rings. The highest BCUT2D eigenvalue weighted by molar-refractivity contribution is 9.10. The molecule has 62 valence electrons. The topological polar surface area (TPSA) is 47.3 Å². The number of rotatable bonds is 4. The molecule has 0 saturated heterocycles. The molecule has 0 atom stereocenters. The van der Waals surface area contributed by atoms with Crippen LogP contribution < -0.4 is 5.48 Å². The molecule has 0 amide bonds. The molecule has 11 heavy (non-hydrogen) atoms. The van der Waals surface area contributed by atoms with Crippen molar-refractivity contribution in [1.82, 2.24) is 10.6 Å². The van der Waals surface area contributed by atoms with Crippen molar-refractivity contribution in [2.24, 2.45) is 0 Å². The molecular weight excluding hydrogens is 212 g/mol. The van der Waals surface area contributed by atoms with Gasteiger partial charge in [0, 0.05) is 6.07 Å². The minimum atomic E-state index is 0.534. The van der Waals surface area contributed by atoms with Crippen molar-refractivity contribution < 1.29 is 9.36 Å². The summed E-state index contributed by atoms with van der Waals surface area (Å²) in [6.07, 6.45) is 0. The van der Waals surface area contributed by atoms with E-state index < -0.39 is 0 Å². The van der Waals surface area contributed by atoms with E-state index in [1.165, 1.54) is 0 Å². The van der Waals surface area contributed by atoms with Crippen molar-refractivity contribution in [3.63, 3.8) is 0 Å². The number of nitrogens with zero attached hydrogens (tertiary/aromatic N) is 1. The molecule has 0 aliphatic heterocycles. The van der Waals surface area contributed by atoms with Crippen LogP contribution in [0.4, 0.5) is 0 Å².